The lowest BCUT2D eigenvalue weighted by atomic mass is 10.0. The molecule has 1 unspecified atom stereocenters. The zero-order valence-electron chi connectivity index (χ0n) is 15.0. The molecule has 0 bridgehead atoms. The van der Waals surface area contributed by atoms with Crippen LogP contribution in [0.15, 0.2) is 54.6 Å². The minimum absolute atomic E-state index is 0. The summed E-state index contributed by atoms with van der Waals surface area (Å²) in [5, 5.41) is 2.82. The number of anilines is 1. The number of hydrogen-bond acceptors (Lipinski definition) is 4. The van der Waals surface area contributed by atoms with Crippen LogP contribution in [0.5, 0.6) is 0 Å². The number of carbonyl (C=O) groups excluding carboxylic acids is 2. The molecule has 27 heavy (non-hydrogen) atoms. The molecule has 144 valence electrons. The van der Waals surface area contributed by atoms with Crippen molar-refractivity contribution in [1.29, 1.82) is 0 Å². The van der Waals surface area contributed by atoms with Gasteiger partial charge in [0.05, 0.1) is 13.2 Å². The number of benzene rings is 2. The first-order valence-electron chi connectivity index (χ1n) is 8.71. The Balaban J connectivity index is 0.00000261. The minimum atomic E-state index is -0.349. The van der Waals surface area contributed by atoms with Gasteiger partial charge in [0, 0.05) is 36.8 Å². The van der Waals surface area contributed by atoms with Crippen LogP contribution >= 0.6 is 12.4 Å². The lowest BCUT2D eigenvalue weighted by Crippen LogP contribution is -2.40. The minimum Gasteiger partial charge on any atom is -0.378 e. The SMILES string of the molecule is Cl.NC(CC(=O)Nc1ccc(C(=O)N2CCOCC2)cc1)c1ccccc1. The Kier molecular flexibility index (Phi) is 7.79. The van der Waals surface area contributed by atoms with Crippen molar-refractivity contribution in [2.75, 3.05) is 31.6 Å². The quantitative estimate of drug-likeness (QED) is 0.823. The van der Waals surface area contributed by atoms with Gasteiger partial charge in [-0.25, -0.2) is 0 Å². The van der Waals surface area contributed by atoms with Crippen LogP contribution in [-0.4, -0.2) is 43.0 Å². The molecule has 3 N–H and O–H groups in total. The summed E-state index contributed by atoms with van der Waals surface area (Å²) in [5.41, 5.74) is 8.25. The maximum atomic E-state index is 12.4. The standard InChI is InChI=1S/C20H23N3O3.ClH/c21-18(15-4-2-1-3-5-15)14-19(24)22-17-8-6-16(7-9-17)20(25)23-10-12-26-13-11-23;/h1-9,18H,10-14,21H2,(H,22,24);1H. The molecule has 0 spiro atoms. The molecule has 0 aliphatic carbocycles. The van der Waals surface area contributed by atoms with Crippen LogP contribution in [0.4, 0.5) is 5.69 Å². The van der Waals surface area contributed by atoms with Crippen LogP contribution in [0.2, 0.25) is 0 Å². The third kappa shape index (κ3) is 5.79. The van der Waals surface area contributed by atoms with Gasteiger partial charge in [-0.05, 0) is 29.8 Å². The van der Waals surface area contributed by atoms with E-state index in [4.69, 9.17) is 10.5 Å². The highest BCUT2D eigenvalue weighted by molar-refractivity contribution is 5.96. The summed E-state index contributed by atoms with van der Waals surface area (Å²) >= 11 is 0. The molecular weight excluding hydrogens is 366 g/mol. The maximum Gasteiger partial charge on any atom is 0.254 e. The van der Waals surface area contributed by atoms with Crippen molar-refractivity contribution in [3.05, 3.63) is 65.7 Å². The number of nitrogens with one attached hydrogen (secondary N) is 1. The van der Waals surface area contributed by atoms with Crippen molar-refractivity contribution in [3.63, 3.8) is 0 Å². The molecule has 0 saturated carbocycles. The van der Waals surface area contributed by atoms with E-state index < -0.39 is 0 Å². The van der Waals surface area contributed by atoms with Crippen LogP contribution in [0.1, 0.15) is 28.4 Å². The largest absolute Gasteiger partial charge is 0.378 e. The molecule has 1 aliphatic rings. The van der Waals surface area contributed by atoms with Gasteiger partial charge in [-0.15, -0.1) is 12.4 Å². The molecule has 1 fully saturated rings. The van der Waals surface area contributed by atoms with Gasteiger partial charge in [-0.1, -0.05) is 30.3 Å². The van der Waals surface area contributed by atoms with E-state index in [0.717, 1.165) is 5.56 Å². The monoisotopic (exact) mass is 389 g/mol. The van der Waals surface area contributed by atoms with Crippen molar-refractivity contribution < 1.29 is 14.3 Å². The first-order chi connectivity index (χ1) is 12.6. The Morgan fingerprint density at radius 3 is 2.30 bits per heavy atom. The number of nitrogens with zero attached hydrogens (tertiary/aromatic N) is 1. The molecule has 0 aromatic heterocycles. The summed E-state index contributed by atoms with van der Waals surface area (Å²) in [6.45, 7) is 2.35. The Bertz CT molecular complexity index is 747. The molecule has 2 amide bonds. The number of hydrogen-bond donors (Lipinski definition) is 2. The first-order valence-corrected chi connectivity index (χ1v) is 8.71. The van der Waals surface area contributed by atoms with Gasteiger partial charge in [0.25, 0.3) is 5.91 Å². The van der Waals surface area contributed by atoms with Gasteiger partial charge in [-0.3, -0.25) is 9.59 Å². The van der Waals surface area contributed by atoms with E-state index in [1.807, 2.05) is 30.3 Å². The number of nitrogens with two attached hydrogens (primary N) is 1. The fourth-order valence-electron chi connectivity index (χ4n) is 2.87. The van der Waals surface area contributed by atoms with Gasteiger partial charge in [0.15, 0.2) is 0 Å². The van der Waals surface area contributed by atoms with Crippen molar-refractivity contribution in [2.24, 2.45) is 5.73 Å². The van der Waals surface area contributed by atoms with Crippen molar-refractivity contribution in [3.8, 4) is 0 Å². The smallest absolute Gasteiger partial charge is 0.254 e. The molecule has 1 saturated heterocycles. The van der Waals surface area contributed by atoms with E-state index in [0.29, 0.717) is 37.6 Å². The molecule has 2 aromatic carbocycles. The molecule has 1 aliphatic heterocycles. The highest BCUT2D eigenvalue weighted by atomic mass is 35.5. The maximum absolute atomic E-state index is 12.4. The van der Waals surface area contributed by atoms with Gasteiger partial charge < -0.3 is 20.7 Å². The van der Waals surface area contributed by atoms with Gasteiger partial charge in [-0.2, -0.15) is 0 Å². The Morgan fingerprint density at radius 2 is 1.67 bits per heavy atom. The van der Waals surface area contributed by atoms with E-state index in [1.165, 1.54) is 0 Å². The second kappa shape index (κ2) is 10.1. The van der Waals surface area contributed by atoms with E-state index in [9.17, 15) is 9.59 Å². The fourth-order valence-corrected chi connectivity index (χ4v) is 2.87. The normalized spacial score (nSPS) is 14.8. The first kappa shape index (κ1) is 20.9. The molecular formula is C20H24ClN3O3. The Labute approximate surface area is 165 Å². The Hall–Kier alpha value is -2.41. The molecule has 3 rings (SSSR count). The van der Waals surface area contributed by atoms with Crippen molar-refractivity contribution in [2.45, 2.75) is 12.5 Å². The number of amides is 2. The second-order valence-corrected chi connectivity index (χ2v) is 6.25. The molecule has 1 atom stereocenters. The summed E-state index contributed by atoms with van der Waals surface area (Å²) in [7, 11) is 0. The van der Waals surface area contributed by atoms with E-state index in [-0.39, 0.29) is 36.7 Å². The van der Waals surface area contributed by atoms with Gasteiger partial charge in [0.2, 0.25) is 5.91 Å². The predicted molar refractivity (Wildman–Crippen MR) is 107 cm³/mol. The van der Waals surface area contributed by atoms with Gasteiger partial charge in [0.1, 0.15) is 0 Å². The summed E-state index contributed by atoms with van der Waals surface area (Å²) < 4.78 is 5.26. The zero-order valence-corrected chi connectivity index (χ0v) is 15.8. The van der Waals surface area contributed by atoms with Crippen molar-refractivity contribution >= 4 is 29.9 Å². The third-order valence-corrected chi connectivity index (χ3v) is 4.35. The zero-order chi connectivity index (χ0) is 18.4. The van der Waals surface area contributed by atoms with Crippen LogP contribution in [0.3, 0.4) is 0 Å². The van der Waals surface area contributed by atoms with Crippen LogP contribution in [0, 0.1) is 0 Å². The summed E-state index contributed by atoms with van der Waals surface area (Å²) in [6.07, 6.45) is 0.193. The highest BCUT2D eigenvalue weighted by Crippen LogP contribution is 2.16. The third-order valence-electron chi connectivity index (χ3n) is 4.35. The van der Waals surface area contributed by atoms with E-state index >= 15 is 0 Å². The van der Waals surface area contributed by atoms with Gasteiger partial charge >= 0.3 is 0 Å². The average Bonchev–Trinajstić information content (AvgIpc) is 2.69. The molecule has 6 nitrogen and oxygen atoms in total. The van der Waals surface area contributed by atoms with Crippen LogP contribution in [-0.2, 0) is 9.53 Å². The van der Waals surface area contributed by atoms with Crippen LogP contribution < -0.4 is 11.1 Å². The van der Waals surface area contributed by atoms with Crippen LogP contribution in [0.25, 0.3) is 0 Å². The van der Waals surface area contributed by atoms with Crippen molar-refractivity contribution in [1.82, 2.24) is 4.90 Å². The van der Waals surface area contributed by atoms with E-state index in [1.54, 1.807) is 29.2 Å². The highest BCUT2D eigenvalue weighted by Gasteiger charge is 2.18. The number of carbonyl (C=O) groups is 2. The lowest BCUT2D eigenvalue weighted by Gasteiger charge is -2.26. The average molecular weight is 390 g/mol. The topological polar surface area (TPSA) is 84.7 Å². The number of morpholine rings is 1. The lowest BCUT2D eigenvalue weighted by molar-refractivity contribution is -0.116. The summed E-state index contributed by atoms with van der Waals surface area (Å²) in [6, 6.07) is 16.1. The molecule has 2 aromatic rings. The summed E-state index contributed by atoms with van der Waals surface area (Å²) in [4.78, 5) is 26.4. The molecule has 1 heterocycles. The number of rotatable bonds is 5. The van der Waals surface area contributed by atoms with E-state index in [2.05, 4.69) is 5.32 Å². The second-order valence-electron chi connectivity index (χ2n) is 6.25. The predicted octanol–water partition coefficient (Wildman–Crippen LogP) is 2.61. The molecule has 7 heteroatoms. The fraction of sp³-hybridized carbons (Fsp3) is 0.300. The Morgan fingerprint density at radius 1 is 1.04 bits per heavy atom. The molecule has 0 radical (unpaired) electrons. The number of halogens is 1. The number of ether oxygens (including phenoxy) is 1. The summed E-state index contributed by atoms with van der Waals surface area (Å²) in [5.74, 6) is -0.175.